The fraction of sp³-hybridized carbons (Fsp3) is 0.800. The molecule has 0 aliphatic heterocycles. The topological polar surface area (TPSA) is 0 Å². The van der Waals surface area contributed by atoms with Crippen molar-refractivity contribution in [3.05, 3.63) is 12.7 Å². The van der Waals surface area contributed by atoms with E-state index in [0.29, 0.717) is 5.41 Å². The molecule has 0 spiro atoms. The highest BCUT2D eigenvalue weighted by Crippen LogP contribution is 2.53. The smallest absolute Gasteiger partial charge is 0.0179 e. The lowest BCUT2D eigenvalue weighted by Crippen LogP contribution is -2.43. The number of hydrogen-bond acceptors (Lipinski definition) is 0. The van der Waals surface area contributed by atoms with Crippen molar-refractivity contribution in [1.29, 1.82) is 0 Å². The van der Waals surface area contributed by atoms with Crippen LogP contribution in [-0.2, 0) is 0 Å². The van der Waals surface area contributed by atoms with Gasteiger partial charge in [-0.3, -0.25) is 0 Å². The van der Waals surface area contributed by atoms with Crippen LogP contribution in [0.25, 0.3) is 0 Å². The molecule has 0 aromatic carbocycles. The zero-order chi connectivity index (χ0) is 7.78. The van der Waals surface area contributed by atoms with E-state index >= 15 is 0 Å². The summed E-state index contributed by atoms with van der Waals surface area (Å²) in [7, 11) is 0. The first-order valence-electron chi connectivity index (χ1n) is 4.25. The summed E-state index contributed by atoms with van der Waals surface area (Å²) < 4.78 is 0. The van der Waals surface area contributed by atoms with Crippen LogP contribution in [-0.4, -0.2) is 0 Å². The van der Waals surface area contributed by atoms with E-state index in [1.54, 1.807) is 0 Å². The highest BCUT2D eigenvalue weighted by atomic mass is 14.5. The van der Waals surface area contributed by atoms with Gasteiger partial charge in [-0.2, -0.15) is 0 Å². The maximum Gasteiger partial charge on any atom is -0.0179 e. The molecule has 1 fully saturated rings. The van der Waals surface area contributed by atoms with Gasteiger partial charge >= 0.3 is 0 Å². The van der Waals surface area contributed by atoms with Gasteiger partial charge < -0.3 is 0 Å². The van der Waals surface area contributed by atoms with Gasteiger partial charge in [0, 0.05) is 0 Å². The fourth-order valence-corrected chi connectivity index (χ4v) is 2.15. The monoisotopic (exact) mass is 138 g/mol. The first kappa shape index (κ1) is 7.84. The van der Waals surface area contributed by atoms with Crippen molar-refractivity contribution >= 4 is 0 Å². The molecular formula is C10H18. The molecule has 0 unspecified atom stereocenters. The lowest BCUT2D eigenvalue weighted by Gasteiger charge is -2.51. The van der Waals surface area contributed by atoms with Crippen LogP contribution < -0.4 is 0 Å². The largest absolute Gasteiger partial charge is 0.103 e. The third-order valence-corrected chi connectivity index (χ3v) is 3.32. The van der Waals surface area contributed by atoms with E-state index in [1.165, 1.54) is 12.8 Å². The van der Waals surface area contributed by atoms with Crippen LogP contribution >= 0.6 is 0 Å². The van der Waals surface area contributed by atoms with Crippen molar-refractivity contribution in [3.63, 3.8) is 0 Å². The van der Waals surface area contributed by atoms with Gasteiger partial charge in [-0.05, 0) is 23.7 Å². The zero-order valence-corrected chi connectivity index (χ0v) is 7.35. The van der Waals surface area contributed by atoms with Crippen LogP contribution in [0.5, 0.6) is 0 Å². The maximum atomic E-state index is 3.85. The molecule has 0 aromatic rings. The average Bonchev–Trinajstić information content (AvgIpc) is 1.88. The Balaban J connectivity index is 2.55. The van der Waals surface area contributed by atoms with Crippen LogP contribution in [0.15, 0.2) is 12.7 Å². The van der Waals surface area contributed by atoms with Crippen LogP contribution in [0.3, 0.4) is 0 Å². The minimum Gasteiger partial charge on any atom is -0.103 e. The highest BCUT2D eigenvalue weighted by molar-refractivity contribution is 5.03. The summed E-state index contributed by atoms with van der Waals surface area (Å²) in [5, 5.41) is 0. The van der Waals surface area contributed by atoms with Gasteiger partial charge in [-0.25, -0.2) is 0 Å². The summed E-state index contributed by atoms with van der Waals surface area (Å²) in [6.45, 7) is 10.8. The molecule has 1 aliphatic rings. The van der Waals surface area contributed by atoms with Crippen molar-refractivity contribution in [2.75, 3.05) is 0 Å². The van der Waals surface area contributed by atoms with E-state index in [4.69, 9.17) is 0 Å². The van der Waals surface area contributed by atoms with Gasteiger partial charge in [0.1, 0.15) is 0 Å². The summed E-state index contributed by atoms with van der Waals surface area (Å²) in [5.74, 6) is 1.72. The first-order valence-corrected chi connectivity index (χ1v) is 4.25. The Morgan fingerprint density at radius 1 is 1.60 bits per heavy atom. The molecule has 58 valence electrons. The molecule has 0 amide bonds. The Bertz CT molecular complexity index is 133. The summed E-state index contributed by atoms with van der Waals surface area (Å²) in [4.78, 5) is 0. The third-order valence-electron chi connectivity index (χ3n) is 3.32. The maximum absolute atomic E-state index is 3.85. The zero-order valence-electron chi connectivity index (χ0n) is 7.35. The van der Waals surface area contributed by atoms with Gasteiger partial charge in [-0.15, -0.1) is 6.58 Å². The lowest BCUT2D eigenvalue weighted by atomic mass is 9.54. The van der Waals surface area contributed by atoms with Gasteiger partial charge in [0.05, 0.1) is 0 Å². The molecule has 1 saturated carbocycles. The Morgan fingerprint density at radius 3 is 2.50 bits per heavy atom. The Hall–Kier alpha value is -0.260. The number of hydrogen-bond donors (Lipinski definition) is 0. The molecule has 0 radical (unpaired) electrons. The van der Waals surface area contributed by atoms with Crippen molar-refractivity contribution in [3.8, 4) is 0 Å². The van der Waals surface area contributed by atoms with E-state index in [2.05, 4.69) is 33.4 Å². The van der Waals surface area contributed by atoms with E-state index in [9.17, 15) is 0 Å². The van der Waals surface area contributed by atoms with Crippen molar-refractivity contribution in [1.82, 2.24) is 0 Å². The minimum absolute atomic E-state index is 0.538. The Labute approximate surface area is 64.3 Å². The second kappa shape index (κ2) is 2.41. The van der Waals surface area contributed by atoms with Crippen molar-refractivity contribution < 1.29 is 0 Å². The van der Waals surface area contributed by atoms with Crippen molar-refractivity contribution in [2.24, 2.45) is 17.3 Å². The average molecular weight is 138 g/mol. The number of rotatable bonds is 2. The third kappa shape index (κ3) is 0.902. The summed E-state index contributed by atoms with van der Waals surface area (Å²) in [6.07, 6.45) is 4.82. The molecule has 0 bridgehead atoms. The van der Waals surface area contributed by atoms with Gasteiger partial charge in [-0.1, -0.05) is 33.3 Å². The summed E-state index contributed by atoms with van der Waals surface area (Å²) in [5.41, 5.74) is 0.538. The fourth-order valence-electron chi connectivity index (χ4n) is 2.15. The number of allylic oxidation sites excluding steroid dienone is 1. The lowest BCUT2D eigenvalue weighted by molar-refractivity contribution is 0.00949. The Morgan fingerprint density at radius 2 is 2.20 bits per heavy atom. The molecule has 0 heterocycles. The van der Waals surface area contributed by atoms with Gasteiger partial charge in [0.25, 0.3) is 0 Å². The molecule has 0 N–H and O–H groups in total. The first-order chi connectivity index (χ1) is 4.62. The molecule has 10 heavy (non-hydrogen) atoms. The molecule has 0 heteroatoms. The molecule has 1 aliphatic carbocycles. The van der Waals surface area contributed by atoms with E-state index in [-0.39, 0.29) is 0 Å². The minimum atomic E-state index is 0.538. The van der Waals surface area contributed by atoms with E-state index in [0.717, 1.165) is 11.8 Å². The summed E-state index contributed by atoms with van der Waals surface area (Å²) >= 11 is 0. The van der Waals surface area contributed by atoms with Crippen LogP contribution in [0, 0.1) is 17.3 Å². The quantitative estimate of drug-likeness (QED) is 0.514. The van der Waals surface area contributed by atoms with Crippen LogP contribution in [0.2, 0.25) is 0 Å². The van der Waals surface area contributed by atoms with Crippen LogP contribution in [0.1, 0.15) is 33.6 Å². The van der Waals surface area contributed by atoms with Crippen LogP contribution in [0.4, 0.5) is 0 Å². The van der Waals surface area contributed by atoms with E-state index < -0.39 is 0 Å². The molecule has 0 saturated heterocycles. The second-order valence-electron chi connectivity index (χ2n) is 4.00. The molecule has 2 atom stereocenters. The van der Waals surface area contributed by atoms with Crippen molar-refractivity contribution in [2.45, 2.75) is 33.6 Å². The van der Waals surface area contributed by atoms with E-state index in [1.807, 2.05) is 0 Å². The Kier molecular flexibility index (Phi) is 1.89. The predicted molar refractivity (Wildman–Crippen MR) is 45.9 cm³/mol. The standard InChI is InChI=1S/C10H18/c1-5-8-7-9(6-2)10(8,3)4/h5,8-9H,1,6-7H2,2-4H3/t8-,9-/m1/s1. The molecule has 0 aromatic heterocycles. The second-order valence-corrected chi connectivity index (χ2v) is 4.00. The molecule has 0 nitrogen and oxygen atoms in total. The van der Waals surface area contributed by atoms with Gasteiger partial charge in [0.2, 0.25) is 0 Å². The normalized spacial score (nSPS) is 36.7. The predicted octanol–water partition coefficient (Wildman–Crippen LogP) is 3.24. The summed E-state index contributed by atoms with van der Waals surface area (Å²) in [6, 6.07) is 0. The SMILES string of the molecule is C=C[C@@H]1C[C@@H](CC)C1(C)C. The molecular weight excluding hydrogens is 120 g/mol. The highest BCUT2D eigenvalue weighted by Gasteiger charge is 2.44. The van der Waals surface area contributed by atoms with Gasteiger partial charge in [0.15, 0.2) is 0 Å². The molecule has 1 rings (SSSR count).